The number of carbonyl (C=O) groups excluding carboxylic acids is 3. The highest BCUT2D eigenvalue weighted by Gasteiger charge is 2.26. The lowest BCUT2D eigenvalue weighted by molar-refractivity contribution is -0.126. The summed E-state index contributed by atoms with van der Waals surface area (Å²) in [5.41, 5.74) is 2.04. The zero-order valence-electron chi connectivity index (χ0n) is 17.0. The molecule has 0 bridgehead atoms. The van der Waals surface area contributed by atoms with E-state index in [4.69, 9.17) is 0 Å². The number of rotatable bonds is 7. The second-order valence-corrected chi connectivity index (χ2v) is 7.47. The molecular formula is C23H28N4O3. The molecule has 1 aliphatic rings. The SMILES string of the molecule is O=C(CN1CCC(C(=O)NCc2ccccc2)CC1)NC(=O)NCc1ccccc1. The Bertz CT molecular complexity index is 834. The Morgan fingerprint density at radius 1 is 0.800 bits per heavy atom. The van der Waals surface area contributed by atoms with Gasteiger partial charge in [-0.3, -0.25) is 19.8 Å². The minimum absolute atomic E-state index is 0.0396. The molecule has 3 N–H and O–H groups in total. The van der Waals surface area contributed by atoms with Crippen molar-refractivity contribution in [1.29, 1.82) is 0 Å². The molecule has 1 fully saturated rings. The molecule has 0 atom stereocenters. The van der Waals surface area contributed by atoms with Gasteiger partial charge in [0.1, 0.15) is 0 Å². The van der Waals surface area contributed by atoms with Crippen LogP contribution in [0, 0.1) is 5.92 Å². The topological polar surface area (TPSA) is 90.5 Å². The summed E-state index contributed by atoms with van der Waals surface area (Å²) in [5, 5.41) is 8.02. The summed E-state index contributed by atoms with van der Waals surface area (Å²) in [5.74, 6) is -0.321. The number of piperidine rings is 1. The van der Waals surface area contributed by atoms with E-state index in [0.29, 0.717) is 39.0 Å². The van der Waals surface area contributed by atoms with E-state index in [0.717, 1.165) is 11.1 Å². The fourth-order valence-electron chi connectivity index (χ4n) is 3.47. The van der Waals surface area contributed by atoms with Gasteiger partial charge >= 0.3 is 6.03 Å². The molecule has 30 heavy (non-hydrogen) atoms. The van der Waals surface area contributed by atoms with Crippen molar-refractivity contribution in [1.82, 2.24) is 20.9 Å². The first kappa shape index (κ1) is 21.5. The number of nitrogens with zero attached hydrogens (tertiary/aromatic N) is 1. The second kappa shape index (κ2) is 11.1. The molecule has 3 rings (SSSR count). The van der Waals surface area contributed by atoms with Gasteiger partial charge in [-0.2, -0.15) is 0 Å². The van der Waals surface area contributed by atoms with Gasteiger partial charge in [0, 0.05) is 19.0 Å². The normalized spacial score (nSPS) is 14.7. The van der Waals surface area contributed by atoms with Crippen molar-refractivity contribution in [2.75, 3.05) is 19.6 Å². The van der Waals surface area contributed by atoms with Crippen molar-refractivity contribution >= 4 is 17.8 Å². The van der Waals surface area contributed by atoms with Crippen LogP contribution in [-0.4, -0.2) is 42.4 Å². The molecule has 0 saturated carbocycles. The number of amides is 4. The highest BCUT2D eigenvalue weighted by atomic mass is 16.2. The van der Waals surface area contributed by atoms with E-state index < -0.39 is 6.03 Å². The van der Waals surface area contributed by atoms with Crippen LogP contribution >= 0.6 is 0 Å². The van der Waals surface area contributed by atoms with Crippen molar-refractivity contribution < 1.29 is 14.4 Å². The average molecular weight is 409 g/mol. The van der Waals surface area contributed by atoms with Gasteiger partial charge in [0.2, 0.25) is 11.8 Å². The van der Waals surface area contributed by atoms with Crippen LogP contribution in [-0.2, 0) is 22.7 Å². The minimum atomic E-state index is -0.501. The summed E-state index contributed by atoms with van der Waals surface area (Å²) in [7, 11) is 0. The van der Waals surface area contributed by atoms with E-state index in [9.17, 15) is 14.4 Å². The Morgan fingerprint density at radius 3 is 1.90 bits per heavy atom. The summed E-state index contributed by atoms with van der Waals surface area (Å²) >= 11 is 0. The second-order valence-electron chi connectivity index (χ2n) is 7.47. The molecule has 0 aliphatic carbocycles. The van der Waals surface area contributed by atoms with E-state index in [2.05, 4.69) is 16.0 Å². The van der Waals surface area contributed by atoms with Crippen LogP contribution in [0.5, 0.6) is 0 Å². The van der Waals surface area contributed by atoms with Crippen molar-refractivity contribution in [2.24, 2.45) is 5.92 Å². The predicted octanol–water partition coefficient (Wildman–Crippen LogP) is 2.04. The van der Waals surface area contributed by atoms with Crippen LogP contribution in [0.25, 0.3) is 0 Å². The van der Waals surface area contributed by atoms with Crippen molar-refractivity contribution in [3.05, 3.63) is 71.8 Å². The molecule has 0 spiro atoms. The number of hydrogen-bond donors (Lipinski definition) is 3. The molecule has 4 amide bonds. The summed E-state index contributed by atoms with van der Waals surface area (Å²) in [6.07, 6.45) is 1.40. The van der Waals surface area contributed by atoms with Gasteiger partial charge in [0.15, 0.2) is 0 Å². The molecule has 2 aromatic carbocycles. The maximum atomic E-state index is 12.4. The summed E-state index contributed by atoms with van der Waals surface area (Å²) in [6, 6.07) is 18.8. The van der Waals surface area contributed by atoms with Crippen molar-refractivity contribution in [2.45, 2.75) is 25.9 Å². The lowest BCUT2D eigenvalue weighted by Gasteiger charge is -2.30. The summed E-state index contributed by atoms with van der Waals surface area (Å²) < 4.78 is 0. The Labute approximate surface area is 176 Å². The number of urea groups is 1. The zero-order chi connectivity index (χ0) is 21.2. The number of benzene rings is 2. The predicted molar refractivity (Wildman–Crippen MR) is 114 cm³/mol. The van der Waals surface area contributed by atoms with Crippen molar-refractivity contribution in [3.63, 3.8) is 0 Å². The summed E-state index contributed by atoms with van der Waals surface area (Å²) in [4.78, 5) is 38.3. The number of carbonyl (C=O) groups is 3. The van der Waals surface area contributed by atoms with Crippen LogP contribution in [0.3, 0.4) is 0 Å². The van der Waals surface area contributed by atoms with E-state index in [1.165, 1.54) is 0 Å². The first-order valence-corrected chi connectivity index (χ1v) is 10.3. The van der Waals surface area contributed by atoms with Crippen LogP contribution in [0.4, 0.5) is 4.79 Å². The first-order chi connectivity index (χ1) is 14.6. The smallest absolute Gasteiger partial charge is 0.321 e. The molecular weight excluding hydrogens is 380 g/mol. The fraction of sp³-hybridized carbons (Fsp3) is 0.348. The average Bonchev–Trinajstić information content (AvgIpc) is 2.78. The van der Waals surface area contributed by atoms with Gasteiger partial charge in [0.25, 0.3) is 0 Å². The summed E-state index contributed by atoms with van der Waals surface area (Å²) in [6.45, 7) is 2.35. The highest BCUT2D eigenvalue weighted by Crippen LogP contribution is 2.17. The van der Waals surface area contributed by atoms with Crippen LogP contribution in [0.2, 0.25) is 0 Å². The minimum Gasteiger partial charge on any atom is -0.352 e. The molecule has 0 radical (unpaired) electrons. The van der Waals surface area contributed by atoms with Crippen LogP contribution in [0.1, 0.15) is 24.0 Å². The molecule has 7 heteroatoms. The van der Waals surface area contributed by atoms with E-state index in [1.54, 1.807) is 0 Å². The molecule has 0 unspecified atom stereocenters. The fourth-order valence-corrected chi connectivity index (χ4v) is 3.47. The zero-order valence-corrected chi connectivity index (χ0v) is 17.0. The number of likely N-dealkylation sites (tertiary alicyclic amines) is 1. The molecule has 1 heterocycles. The van der Waals surface area contributed by atoms with Crippen molar-refractivity contribution in [3.8, 4) is 0 Å². The lowest BCUT2D eigenvalue weighted by atomic mass is 9.96. The Balaban J connectivity index is 1.32. The Kier molecular flexibility index (Phi) is 7.97. The third-order valence-corrected chi connectivity index (χ3v) is 5.18. The highest BCUT2D eigenvalue weighted by molar-refractivity contribution is 5.95. The number of hydrogen-bond acceptors (Lipinski definition) is 4. The van der Waals surface area contributed by atoms with E-state index in [-0.39, 0.29) is 24.3 Å². The molecule has 1 aliphatic heterocycles. The molecule has 7 nitrogen and oxygen atoms in total. The van der Waals surface area contributed by atoms with E-state index >= 15 is 0 Å². The molecule has 158 valence electrons. The monoisotopic (exact) mass is 408 g/mol. The molecule has 0 aromatic heterocycles. The number of imide groups is 1. The molecule has 1 saturated heterocycles. The Hall–Kier alpha value is -3.19. The quantitative estimate of drug-likeness (QED) is 0.654. The lowest BCUT2D eigenvalue weighted by Crippen LogP contribution is -2.47. The maximum Gasteiger partial charge on any atom is 0.321 e. The maximum absolute atomic E-state index is 12.4. The standard InChI is InChI=1S/C23H28N4O3/c28-21(26-23(30)25-16-19-9-5-2-6-10-19)17-27-13-11-20(12-14-27)22(29)24-15-18-7-3-1-4-8-18/h1-10,20H,11-17H2,(H,24,29)(H2,25,26,28,30). The first-order valence-electron chi connectivity index (χ1n) is 10.3. The van der Waals surface area contributed by atoms with Gasteiger partial charge in [-0.05, 0) is 37.1 Å². The van der Waals surface area contributed by atoms with Gasteiger partial charge in [-0.25, -0.2) is 4.79 Å². The molecule has 2 aromatic rings. The third kappa shape index (κ3) is 7.00. The van der Waals surface area contributed by atoms with Gasteiger partial charge in [-0.1, -0.05) is 60.7 Å². The third-order valence-electron chi connectivity index (χ3n) is 5.18. The largest absolute Gasteiger partial charge is 0.352 e. The Morgan fingerprint density at radius 2 is 1.33 bits per heavy atom. The van der Waals surface area contributed by atoms with Crippen LogP contribution in [0.15, 0.2) is 60.7 Å². The number of nitrogens with one attached hydrogen (secondary N) is 3. The van der Waals surface area contributed by atoms with Crippen LogP contribution < -0.4 is 16.0 Å². The van der Waals surface area contributed by atoms with Gasteiger partial charge in [-0.15, -0.1) is 0 Å². The van der Waals surface area contributed by atoms with Gasteiger partial charge in [0.05, 0.1) is 6.54 Å². The van der Waals surface area contributed by atoms with E-state index in [1.807, 2.05) is 65.6 Å². The van der Waals surface area contributed by atoms with Gasteiger partial charge < -0.3 is 10.6 Å².